The Morgan fingerprint density at radius 1 is 1.00 bits per heavy atom. The first-order valence-electron chi connectivity index (χ1n) is 11.9. The molecule has 8 heteroatoms. The van der Waals surface area contributed by atoms with Gasteiger partial charge in [0.2, 0.25) is 0 Å². The molecule has 4 rings (SSSR count). The van der Waals surface area contributed by atoms with Crippen LogP contribution >= 0.6 is 0 Å². The number of nitrogens with zero attached hydrogens (tertiary/aromatic N) is 2. The van der Waals surface area contributed by atoms with Crippen LogP contribution in [0.25, 0.3) is 5.69 Å². The number of hydrogen-bond donors (Lipinski definition) is 2. The van der Waals surface area contributed by atoms with E-state index >= 15 is 0 Å². The predicted octanol–water partition coefficient (Wildman–Crippen LogP) is 3.19. The number of ketones is 1. The average Bonchev–Trinajstić information content (AvgIpc) is 3.11. The first kappa shape index (κ1) is 25.1. The molecule has 0 fully saturated rings. The summed E-state index contributed by atoms with van der Waals surface area (Å²) in [5.74, 6) is 1.18. The number of nitrogen functional groups attached to an aromatic ring is 1. The molecule has 1 aliphatic rings. The van der Waals surface area contributed by atoms with Gasteiger partial charge in [-0.1, -0.05) is 30.3 Å². The van der Waals surface area contributed by atoms with E-state index in [1.54, 1.807) is 31.9 Å². The van der Waals surface area contributed by atoms with Gasteiger partial charge in [-0.3, -0.25) is 14.3 Å². The van der Waals surface area contributed by atoms with Crippen molar-refractivity contribution in [1.82, 2.24) is 9.36 Å². The lowest BCUT2D eigenvalue weighted by atomic mass is 9.81. The van der Waals surface area contributed by atoms with Crippen molar-refractivity contribution in [2.45, 2.75) is 26.3 Å². The summed E-state index contributed by atoms with van der Waals surface area (Å²) in [6, 6.07) is 15.0. The molecule has 1 aromatic heterocycles. The van der Waals surface area contributed by atoms with Crippen LogP contribution in [0.5, 0.6) is 11.5 Å². The second kappa shape index (κ2) is 10.7. The molecule has 0 amide bonds. The van der Waals surface area contributed by atoms with E-state index in [4.69, 9.17) is 20.9 Å². The lowest BCUT2D eigenvalue weighted by Crippen LogP contribution is -2.27. The molecule has 188 valence electrons. The third kappa shape index (κ3) is 4.72. The molecular weight excluding hydrogens is 456 g/mol. The number of para-hydroxylation sites is 1. The second-order valence-electron chi connectivity index (χ2n) is 8.79. The fourth-order valence-corrected chi connectivity index (χ4v) is 4.71. The van der Waals surface area contributed by atoms with Crippen LogP contribution in [0.1, 0.15) is 17.7 Å². The first-order valence-corrected chi connectivity index (χ1v) is 11.9. The molecule has 8 nitrogen and oxygen atoms in total. The van der Waals surface area contributed by atoms with Crippen molar-refractivity contribution in [2.75, 3.05) is 26.5 Å². The summed E-state index contributed by atoms with van der Waals surface area (Å²) in [6.07, 6.45) is 4.77. The molecule has 0 saturated heterocycles. The molecule has 4 N–H and O–H groups in total. The molecule has 36 heavy (non-hydrogen) atoms. The SMILES string of the molecule is COc1ccc(CC2=C(Cn3c(C)c(N)c(=O)n3-c3ccccc3)C(=O)C=CC2CCN)cc1OC. The number of rotatable bonds is 9. The van der Waals surface area contributed by atoms with Crippen LogP contribution in [0.3, 0.4) is 0 Å². The van der Waals surface area contributed by atoms with Gasteiger partial charge in [0.25, 0.3) is 5.56 Å². The van der Waals surface area contributed by atoms with Crippen molar-refractivity contribution in [1.29, 1.82) is 0 Å². The largest absolute Gasteiger partial charge is 0.493 e. The zero-order valence-corrected chi connectivity index (χ0v) is 20.9. The van der Waals surface area contributed by atoms with E-state index in [2.05, 4.69) is 0 Å². The molecule has 0 saturated carbocycles. The minimum atomic E-state index is -0.307. The van der Waals surface area contributed by atoms with E-state index in [-0.39, 0.29) is 29.5 Å². The summed E-state index contributed by atoms with van der Waals surface area (Å²) in [4.78, 5) is 26.3. The molecular formula is C28H32N4O4. The van der Waals surface area contributed by atoms with Gasteiger partial charge >= 0.3 is 0 Å². The lowest BCUT2D eigenvalue weighted by Gasteiger charge is -2.26. The second-order valence-corrected chi connectivity index (χ2v) is 8.79. The minimum Gasteiger partial charge on any atom is -0.493 e. The predicted molar refractivity (Wildman–Crippen MR) is 141 cm³/mol. The topological polar surface area (TPSA) is 114 Å². The minimum absolute atomic E-state index is 0.000842. The van der Waals surface area contributed by atoms with Crippen molar-refractivity contribution < 1.29 is 14.3 Å². The van der Waals surface area contributed by atoms with Gasteiger partial charge in [0.15, 0.2) is 17.3 Å². The molecule has 0 radical (unpaired) electrons. The average molecular weight is 489 g/mol. The fourth-order valence-electron chi connectivity index (χ4n) is 4.71. The van der Waals surface area contributed by atoms with Gasteiger partial charge in [-0.2, -0.15) is 0 Å². The molecule has 1 aliphatic carbocycles. The van der Waals surface area contributed by atoms with E-state index in [0.717, 1.165) is 11.1 Å². The molecule has 1 heterocycles. The Labute approximate surface area is 210 Å². The van der Waals surface area contributed by atoms with Crippen LogP contribution in [0.15, 0.2) is 76.6 Å². The van der Waals surface area contributed by atoms with Crippen molar-refractivity contribution in [3.63, 3.8) is 0 Å². The number of carbonyl (C=O) groups is 1. The van der Waals surface area contributed by atoms with Crippen molar-refractivity contribution in [3.05, 3.63) is 93.4 Å². The maximum atomic E-state index is 13.3. The molecule has 1 atom stereocenters. The molecule has 3 aromatic rings. The summed E-state index contributed by atoms with van der Waals surface area (Å²) >= 11 is 0. The zero-order valence-electron chi connectivity index (χ0n) is 20.9. The third-order valence-corrected chi connectivity index (χ3v) is 6.68. The first-order chi connectivity index (χ1) is 17.4. The normalized spacial score (nSPS) is 15.4. The van der Waals surface area contributed by atoms with Crippen LogP contribution in [0, 0.1) is 12.8 Å². The number of nitrogens with two attached hydrogens (primary N) is 2. The van der Waals surface area contributed by atoms with E-state index < -0.39 is 0 Å². The number of benzene rings is 2. The Hall–Kier alpha value is -4.04. The fraction of sp³-hybridized carbons (Fsp3) is 0.286. The number of ether oxygens (including phenoxy) is 2. The highest BCUT2D eigenvalue weighted by molar-refractivity contribution is 6.05. The van der Waals surface area contributed by atoms with Gasteiger partial charge in [0.1, 0.15) is 5.69 Å². The van der Waals surface area contributed by atoms with Gasteiger partial charge in [-0.25, -0.2) is 4.68 Å². The number of hydrogen-bond acceptors (Lipinski definition) is 6. The highest BCUT2D eigenvalue weighted by Crippen LogP contribution is 2.33. The summed E-state index contributed by atoms with van der Waals surface area (Å²) in [5.41, 5.74) is 15.8. The Balaban J connectivity index is 1.84. The smallest absolute Gasteiger partial charge is 0.294 e. The van der Waals surface area contributed by atoms with Crippen LogP contribution < -0.4 is 26.5 Å². The number of allylic oxidation sites excluding steroid dienone is 4. The Morgan fingerprint density at radius 2 is 1.72 bits per heavy atom. The molecule has 0 spiro atoms. The Bertz CT molecular complexity index is 1380. The quantitative estimate of drug-likeness (QED) is 0.478. The van der Waals surface area contributed by atoms with E-state index in [0.29, 0.717) is 47.8 Å². The lowest BCUT2D eigenvalue weighted by molar-refractivity contribution is -0.111. The maximum Gasteiger partial charge on any atom is 0.294 e. The Kier molecular flexibility index (Phi) is 7.45. The summed E-state index contributed by atoms with van der Waals surface area (Å²) < 4.78 is 14.2. The van der Waals surface area contributed by atoms with Crippen molar-refractivity contribution >= 4 is 11.5 Å². The zero-order chi connectivity index (χ0) is 25.8. The molecule has 2 aromatic carbocycles. The highest BCUT2D eigenvalue weighted by Gasteiger charge is 2.27. The summed E-state index contributed by atoms with van der Waals surface area (Å²) in [6.45, 7) is 2.49. The van der Waals surface area contributed by atoms with Gasteiger partial charge in [-0.05, 0) is 67.8 Å². The Morgan fingerprint density at radius 3 is 2.39 bits per heavy atom. The van der Waals surface area contributed by atoms with Gasteiger partial charge < -0.3 is 20.9 Å². The van der Waals surface area contributed by atoms with Crippen molar-refractivity contribution in [2.24, 2.45) is 11.7 Å². The molecule has 0 aliphatic heterocycles. The monoisotopic (exact) mass is 488 g/mol. The van der Waals surface area contributed by atoms with Crippen LogP contribution in [0.4, 0.5) is 5.69 Å². The van der Waals surface area contributed by atoms with Gasteiger partial charge in [-0.15, -0.1) is 0 Å². The molecule has 0 bridgehead atoms. The van der Waals surface area contributed by atoms with Crippen LogP contribution in [0.2, 0.25) is 0 Å². The van der Waals surface area contributed by atoms with Gasteiger partial charge in [0.05, 0.1) is 32.1 Å². The number of aromatic nitrogens is 2. The van der Waals surface area contributed by atoms with E-state index in [1.807, 2.05) is 54.6 Å². The standard InChI is InChI=1S/C28H32N4O4/c1-18-27(30)28(34)32(21-7-5-4-6-8-21)31(18)17-23-22(20(13-14-29)10-11-24(23)33)15-19-9-12-25(35-2)26(16-19)36-3/h4-12,16,20H,13-15,17,29-30H2,1-3H3. The van der Waals surface area contributed by atoms with E-state index in [1.165, 1.54) is 4.68 Å². The number of carbonyl (C=O) groups excluding carboxylic acids is 1. The number of methoxy groups -OCH3 is 2. The highest BCUT2D eigenvalue weighted by atomic mass is 16.5. The van der Waals surface area contributed by atoms with Crippen LogP contribution in [-0.4, -0.2) is 35.9 Å². The molecule has 1 unspecified atom stereocenters. The number of anilines is 1. The van der Waals surface area contributed by atoms with Crippen LogP contribution in [-0.2, 0) is 17.8 Å². The summed E-state index contributed by atoms with van der Waals surface area (Å²) in [7, 11) is 3.19. The summed E-state index contributed by atoms with van der Waals surface area (Å²) in [5, 5.41) is 0. The van der Waals surface area contributed by atoms with E-state index in [9.17, 15) is 9.59 Å². The van der Waals surface area contributed by atoms with Gasteiger partial charge in [0, 0.05) is 11.5 Å². The van der Waals surface area contributed by atoms with Crippen molar-refractivity contribution in [3.8, 4) is 17.2 Å². The third-order valence-electron chi connectivity index (χ3n) is 6.68. The maximum absolute atomic E-state index is 13.3.